The number of hydrogen-bond acceptors (Lipinski definition) is 23. The molecular formula is C74H94BClN8O20S. The number of nitrogens with two attached hydrogens (primary N) is 1. The van der Waals surface area contributed by atoms with Crippen molar-refractivity contribution in [1.29, 1.82) is 0 Å². The second kappa shape index (κ2) is 45.2. The van der Waals surface area contributed by atoms with Crippen LogP contribution in [0.15, 0.2) is 164 Å². The van der Waals surface area contributed by atoms with Crippen LogP contribution in [0.5, 0.6) is 0 Å². The topological polar surface area (TPSA) is 361 Å². The summed E-state index contributed by atoms with van der Waals surface area (Å²) in [4.78, 5) is 117. The number of nitrogens with one attached hydrogen (secondary N) is 1. The van der Waals surface area contributed by atoms with E-state index in [0.29, 0.717) is 82.9 Å². The number of nitro benzene ring substituents is 1. The molecule has 0 atom stereocenters. The van der Waals surface area contributed by atoms with Crippen LogP contribution in [0.4, 0.5) is 11.4 Å². The Morgan fingerprint density at radius 3 is 1.64 bits per heavy atom. The number of rotatable bonds is 27. The first-order chi connectivity index (χ1) is 49.9. The molecule has 9 rings (SSSR count). The van der Waals surface area contributed by atoms with Gasteiger partial charge in [0.1, 0.15) is 30.1 Å². The number of Topliss-reactive ketones (excluding diaryl/α,β-unsaturated/α-hetero) is 1. The molecule has 3 aliphatic heterocycles. The van der Waals surface area contributed by atoms with Crippen molar-refractivity contribution < 1.29 is 88.9 Å². The average Bonchev–Trinajstić information content (AvgIpc) is 1.62. The third kappa shape index (κ3) is 33.0. The lowest BCUT2D eigenvalue weighted by Gasteiger charge is -2.32. The Balaban J connectivity index is 0.000000273. The van der Waals surface area contributed by atoms with Gasteiger partial charge in [0.25, 0.3) is 5.69 Å². The molecule has 2 saturated heterocycles. The first kappa shape index (κ1) is 87.3. The highest BCUT2D eigenvalue weighted by Gasteiger charge is 2.52. The predicted molar refractivity (Wildman–Crippen MR) is 393 cm³/mol. The van der Waals surface area contributed by atoms with Crippen molar-refractivity contribution in [2.45, 2.75) is 138 Å². The fourth-order valence-corrected chi connectivity index (χ4v) is 10.3. The molecule has 5 aromatic carbocycles. The predicted octanol–water partition coefficient (Wildman–Crippen LogP) is 8.68. The zero-order chi connectivity index (χ0) is 77.5. The molecule has 28 nitrogen and oxygen atoms in total. The number of amides is 3. The molecule has 3 amide bonds. The van der Waals surface area contributed by atoms with Gasteiger partial charge in [-0.25, -0.2) is 4.68 Å². The first-order valence-corrected chi connectivity index (χ1v) is 36.1. The second-order valence-electron chi connectivity index (χ2n) is 24.3. The molecule has 105 heavy (non-hydrogen) atoms. The largest absolute Gasteiger partial charge is 0.495 e. The molecule has 4 heterocycles. The van der Waals surface area contributed by atoms with Crippen LogP contribution in [0.25, 0.3) is 5.69 Å². The van der Waals surface area contributed by atoms with Gasteiger partial charge in [-0.05, 0) is 107 Å². The van der Waals surface area contributed by atoms with Crippen LogP contribution in [0.3, 0.4) is 0 Å². The summed E-state index contributed by atoms with van der Waals surface area (Å²) in [6.45, 7) is 20.0. The molecule has 3 aliphatic rings. The van der Waals surface area contributed by atoms with E-state index >= 15 is 0 Å². The van der Waals surface area contributed by atoms with E-state index in [1.807, 2.05) is 144 Å². The van der Waals surface area contributed by atoms with Crippen molar-refractivity contribution in [3.63, 3.8) is 0 Å². The van der Waals surface area contributed by atoms with Gasteiger partial charge >= 0.3 is 41.1 Å². The number of halogens is 1. The third-order valence-corrected chi connectivity index (χ3v) is 16.2. The maximum Gasteiger partial charge on any atom is 0.495 e. The van der Waals surface area contributed by atoms with Crippen molar-refractivity contribution in [3.8, 4) is 5.69 Å². The summed E-state index contributed by atoms with van der Waals surface area (Å²) >= 11 is 4.87. The van der Waals surface area contributed by atoms with Crippen molar-refractivity contribution >= 4 is 98.3 Å². The summed E-state index contributed by atoms with van der Waals surface area (Å²) in [5.41, 5.74) is 9.97. The third-order valence-electron chi connectivity index (χ3n) is 15.5. The Labute approximate surface area is 618 Å². The Morgan fingerprint density at radius 1 is 0.676 bits per heavy atom. The Morgan fingerprint density at radius 2 is 1.16 bits per heavy atom. The summed E-state index contributed by atoms with van der Waals surface area (Å²) in [6.07, 6.45) is 6.30. The van der Waals surface area contributed by atoms with E-state index in [1.54, 1.807) is 55.1 Å². The van der Waals surface area contributed by atoms with E-state index in [-0.39, 0.29) is 98.0 Å². The monoisotopic (exact) mass is 1490 g/mol. The Hall–Kier alpha value is -10.1. The smallest absolute Gasteiger partial charge is 0.466 e. The molecule has 0 spiro atoms. The lowest BCUT2D eigenvalue weighted by Crippen LogP contribution is -2.41. The van der Waals surface area contributed by atoms with Gasteiger partial charge in [0.15, 0.2) is 0 Å². The van der Waals surface area contributed by atoms with Crippen molar-refractivity contribution in [2.24, 2.45) is 0 Å². The standard InChI is InChI=1S/C17H23NO5.C15H19BN4O4.C13H15NO4S.C12H13NO2.C12H17NO2.C5H7ClO3/c1-3-22-16(20)10-11-18(13-14-8-6-5-7-9-14)15(19)12-17(21)23-4-2;1-14(2)15(3,4)24-16(23-14)10-8-11(19-7-5-6-18-19)13(17)12(9-10)20(21)22;1-19(16,17)18-12-7-8-14(13(15)9-12)10-11-5-3-2-4-6-11;14-11-6-7-13(12(15)8-11)9-10-4-2-1-3-5-10;1-2-15-12(14)8-9-13-10-11-6-4-3-5-7-11;1-2-9-5(8)3-4(6)7/h5-9H,3-4,10-13H2,1-2H3;5-9H,17H2,1-4H3;2-6,9H,7-8,10H2,1H3;1-5H,6-9H2;3-7,13H,2,8-10H2,1H3;2-3H2,1H3. The number of anilines is 1. The number of likely N-dealkylation sites (tertiary alicyclic amines) is 1. The van der Waals surface area contributed by atoms with E-state index in [1.165, 1.54) is 27.3 Å². The summed E-state index contributed by atoms with van der Waals surface area (Å²) < 4.78 is 59.1. The minimum absolute atomic E-state index is 0.0453. The van der Waals surface area contributed by atoms with Crippen molar-refractivity contribution in [3.05, 3.63) is 196 Å². The van der Waals surface area contributed by atoms with Gasteiger partial charge in [0.05, 0.1) is 73.8 Å². The molecule has 566 valence electrons. The van der Waals surface area contributed by atoms with E-state index < -0.39 is 50.5 Å². The number of nitrogens with zero attached hydrogens (tertiary/aromatic N) is 6. The van der Waals surface area contributed by atoms with Crippen LogP contribution in [-0.2, 0) is 112 Å². The maximum absolute atomic E-state index is 12.3. The fourth-order valence-electron chi connectivity index (χ4n) is 9.69. The molecule has 0 radical (unpaired) electrons. The summed E-state index contributed by atoms with van der Waals surface area (Å²) in [6, 6.07) is 43.8. The summed E-state index contributed by atoms with van der Waals surface area (Å²) in [5, 5.41) is 18.0. The number of ether oxygens (including phenoxy) is 4. The molecule has 0 bridgehead atoms. The van der Waals surface area contributed by atoms with Gasteiger partial charge in [-0.1, -0.05) is 121 Å². The number of benzene rings is 5. The Kier molecular flexibility index (Phi) is 37.5. The highest BCUT2D eigenvalue weighted by Crippen LogP contribution is 2.38. The molecule has 3 N–H and O–H groups in total. The number of carbonyl (C=O) groups excluding carboxylic acids is 9. The van der Waals surface area contributed by atoms with Crippen LogP contribution in [-0.4, -0.2) is 168 Å². The number of ketones is 1. The minimum atomic E-state index is -3.56. The number of carbonyl (C=O) groups is 9. The average molecular weight is 1490 g/mol. The number of piperidine rings is 1. The molecule has 0 aliphatic carbocycles. The van der Waals surface area contributed by atoms with E-state index in [4.69, 9.17) is 45.0 Å². The van der Waals surface area contributed by atoms with E-state index in [9.17, 15) is 61.7 Å². The lowest BCUT2D eigenvalue weighted by atomic mass is 9.78. The molecule has 2 fully saturated rings. The van der Waals surface area contributed by atoms with Gasteiger partial charge in [0, 0.05) is 89.7 Å². The second-order valence-corrected chi connectivity index (χ2v) is 26.3. The van der Waals surface area contributed by atoms with Crippen LogP contribution in [0.1, 0.15) is 123 Å². The van der Waals surface area contributed by atoms with Crippen molar-refractivity contribution in [2.75, 3.05) is 64.6 Å². The molecule has 6 aromatic rings. The number of esters is 4. The van der Waals surface area contributed by atoms with Gasteiger partial charge in [-0.15, -0.1) is 0 Å². The molecule has 0 unspecified atom stereocenters. The van der Waals surface area contributed by atoms with Gasteiger partial charge in [0.2, 0.25) is 23.0 Å². The molecular weight excluding hydrogens is 1400 g/mol. The molecule has 31 heteroatoms. The normalized spacial score (nSPS) is 14.0. The fraction of sp³-hybridized carbons (Fsp3) is 0.405. The number of aromatic nitrogens is 2. The zero-order valence-corrected chi connectivity index (χ0v) is 62.3. The minimum Gasteiger partial charge on any atom is -0.466 e. The van der Waals surface area contributed by atoms with Crippen LogP contribution in [0, 0.1) is 10.1 Å². The van der Waals surface area contributed by atoms with E-state index in [2.05, 4.69) is 27.3 Å². The maximum atomic E-state index is 12.3. The zero-order valence-electron chi connectivity index (χ0n) is 60.7. The number of hydrogen-bond donors (Lipinski definition) is 2. The van der Waals surface area contributed by atoms with Crippen molar-refractivity contribution in [1.82, 2.24) is 29.8 Å². The first-order valence-electron chi connectivity index (χ1n) is 33.9. The van der Waals surface area contributed by atoms with Gasteiger partial charge in [-0.3, -0.25) is 53.3 Å². The Bertz CT molecular complexity index is 3920. The SMILES string of the molecule is CC1(C)OB(c2cc(-n3cccn3)c(N)c([N+](=O)[O-])c2)OC1(C)C.CCOC(=O)CC(=O)Cl.CCOC(=O)CCN(Cc1ccccc1)C(=O)CC(=O)OCC.CCOC(=O)CCNCc1ccccc1.CS(=O)(=O)OC1=CC(=O)N(Cc2ccccc2)CC1.O=C1CCN(Cc2ccccc2)C(=O)C1. The van der Waals surface area contributed by atoms with Gasteiger partial charge in [-0.2, -0.15) is 13.5 Å². The summed E-state index contributed by atoms with van der Waals surface area (Å²) in [7, 11) is -4.28. The highest BCUT2D eigenvalue weighted by atomic mass is 35.5. The van der Waals surface area contributed by atoms with Crippen LogP contribution >= 0.6 is 11.6 Å². The number of nitro groups is 1. The number of nitrogen functional groups attached to an aromatic ring is 1. The van der Waals surface area contributed by atoms with Gasteiger partial charge < -0.3 is 58.2 Å². The highest BCUT2D eigenvalue weighted by molar-refractivity contribution is 7.86. The molecule has 1 aromatic heterocycles. The summed E-state index contributed by atoms with van der Waals surface area (Å²) in [5.74, 6) is -2.02. The van der Waals surface area contributed by atoms with Crippen LogP contribution in [0.2, 0.25) is 0 Å². The van der Waals surface area contributed by atoms with Crippen LogP contribution < -0.4 is 16.5 Å². The molecule has 0 saturated carbocycles. The lowest BCUT2D eigenvalue weighted by molar-refractivity contribution is -0.383. The quantitative estimate of drug-likeness (QED) is 0.00465. The van der Waals surface area contributed by atoms with E-state index in [0.717, 1.165) is 29.5 Å².